The second kappa shape index (κ2) is 9.75. The number of rotatable bonds is 4. The van der Waals surface area contributed by atoms with Gasteiger partial charge in [-0.1, -0.05) is 103 Å². The van der Waals surface area contributed by atoms with Crippen molar-refractivity contribution in [2.45, 2.75) is 0 Å². The van der Waals surface area contributed by atoms with E-state index in [4.69, 9.17) is 16.6 Å². The number of furan rings is 2. The van der Waals surface area contributed by atoms with Crippen molar-refractivity contribution in [3.8, 4) is 45.3 Å². The third kappa shape index (κ3) is 3.98. The molecule has 0 aliphatic heterocycles. The summed E-state index contributed by atoms with van der Waals surface area (Å²) in [6.07, 6.45) is 0. The van der Waals surface area contributed by atoms with Crippen LogP contribution in [0, 0.1) is 0 Å². The molecule has 44 heavy (non-hydrogen) atoms. The summed E-state index contributed by atoms with van der Waals surface area (Å²) in [6.45, 7) is 0. The molecule has 5 nitrogen and oxygen atoms in total. The van der Waals surface area contributed by atoms with Gasteiger partial charge >= 0.3 is 0 Å². The molecule has 0 N–H and O–H groups in total. The molecule has 3 aromatic heterocycles. The predicted octanol–water partition coefficient (Wildman–Crippen LogP) is 10.3. The highest BCUT2D eigenvalue weighted by atomic mass is 16.3. The van der Waals surface area contributed by atoms with E-state index < -0.39 is 0 Å². The van der Waals surface area contributed by atoms with Crippen LogP contribution in [-0.2, 0) is 0 Å². The summed E-state index contributed by atoms with van der Waals surface area (Å²) < 4.78 is 67.4. The van der Waals surface area contributed by atoms with Gasteiger partial charge in [-0.3, -0.25) is 0 Å². The summed E-state index contributed by atoms with van der Waals surface area (Å²) >= 11 is 0. The molecule has 0 unspecified atom stereocenters. The lowest BCUT2D eigenvalue weighted by Crippen LogP contribution is -2.00. The van der Waals surface area contributed by atoms with Crippen LogP contribution in [0.1, 0.15) is 8.22 Å². The topological polar surface area (TPSA) is 65.0 Å². The lowest BCUT2D eigenvalue weighted by Gasteiger charge is -2.08. The molecule has 0 amide bonds. The van der Waals surface area contributed by atoms with E-state index >= 15 is 0 Å². The van der Waals surface area contributed by atoms with Gasteiger partial charge in [0.2, 0.25) is 0 Å². The minimum Gasteiger partial charge on any atom is -0.456 e. The summed E-state index contributed by atoms with van der Waals surface area (Å²) in [5.74, 6) is 0.674. The van der Waals surface area contributed by atoms with Crippen molar-refractivity contribution in [3.63, 3.8) is 0 Å². The zero-order valence-electron chi connectivity index (χ0n) is 29.0. The average Bonchev–Trinajstić information content (AvgIpc) is 3.75. The van der Waals surface area contributed by atoms with E-state index in [2.05, 4.69) is 9.97 Å². The Balaban J connectivity index is 1.33. The van der Waals surface area contributed by atoms with E-state index in [-0.39, 0.29) is 75.1 Å². The molecule has 0 spiro atoms. The van der Waals surface area contributed by atoms with Gasteiger partial charge in [-0.05, 0) is 47.4 Å². The Hall–Kier alpha value is -6.07. The Kier molecular flexibility index (Phi) is 4.25. The van der Waals surface area contributed by atoms with Crippen LogP contribution in [0.15, 0.2) is 148 Å². The molecule has 0 aliphatic rings. The van der Waals surface area contributed by atoms with Crippen LogP contribution in [-0.4, -0.2) is 15.0 Å². The number of fused-ring (bicyclic) bond motifs is 6. The van der Waals surface area contributed by atoms with Crippen LogP contribution < -0.4 is 0 Å². The van der Waals surface area contributed by atoms with Gasteiger partial charge in [0, 0.05) is 38.2 Å². The summed E-state index contributed by atoms with van der Waals surface area (Å²) in [5.41, 5.74) is 3.08. The molecule has 9 rings (SSSR count). The largest absolute Gasteiger partial charge is 0.456 e. The number of nitrogens with zero attached hydrogens (tertiary/aromatic N) is 3. The molecule has 3 heterocycles. The maximum atomic E-state index is 9.42. The third-order valence-electron chi connectivity index (χ3n) is 7.61. The second-order valence-electron chi connectivity index (χ2n) is 10.3. The van der Waals surface area contributed by atoms with E-state index in [0.717, 1.165) is 5.39 Å². The molecule has 9 aromatic rings. The van der Waals surface area contributed by atoms with Crippen LogP contribution >= 0.6 is 0 Å². The van der Waals surface area contributed by atoms with Gasteiger partial charge in [0.15, 0.2) is 17.5 Å². The van der Waals surface area contributed by atoms with Crippen molar-refractivity contribution in [2.24, 2.45) is 0 Å². The molecule has 0 radical (unpaired) electrons. The first kappa shape index (κ1) is 19.2. The highest BCUT2D eigenvalue weighted by Crippen LogP contribution is 2.39. The van der Waals surface area contributed by atoms with Gasteiger partial charge in [-0.2, -0.15) is 0 Å². The molecule has 0 fully saturated rings. The molecule has 5 heteroatoms. The van der Waals surface area contributed by atoms with Crippen LogP contribution in [0.25, 0.3) is 89.2 Å². The number of hydrogen-bond acceptors (Lipinski definition) is 5. The highest BCUT2D eigenvalue weighted by molar-refractivity contribution is 6.14. The second-order valence-corrected chi connectivity index (χ2v) is 10.3. The predicted molar refractivity (Wildman–Crippen MR) is 176 cm³/mol. The zero-order chi connectivity index (χ0) is 34.3. The fourth-order valence-electron chi connectivity index (χ4n) is 5.54. The molecule has 0 bridgehead atoms. The van der Waals surface area contributed by atoms with Gasteiger partial charge in [0.25, 0.3) is 0 Å². The summed E-state index contributed by atoms with van der Waals surface area (Å²) in [5, 5.41) is 1.63. The van der Waals surface area contributed by atoms with Crippen molar-refractivity contribution in [1.82, 2.24) is 15.0 Å². The minimum absolute atomic E-state index is 0.0149. The van der Waals surface area contributed by atoms with Crippen molar-refractivity contribution in [3.05, 3.63) is 139 Å². The van der Waals surface area contributed by atoms with Crippen molar-refractivity contribution in [1.29, 1.82) is 0 Å². The fourth-order valence-corrected chi connectivity index (χ4v) is 5.54. The zero-order valence-corrected chi connectivity index (χ0v) is 23.0. The summed E-state index contributed by atoms with van der Waals surface area (Å²) in [6, 6.07) is 29.9. The van der Waals surface area contributed by atoms with E-state index in [0.29, 0.717) is 44.9 Å². The lowest BCUT2D eigenvalue weighted by molar-refractivity contribution is 0.669. The molecule has 0 aliphatic carbocycles. The first-order valence-electron chi connectivity index (χ1n) is 17.1. The number of hydrogen-bond donors (Lipinski definition) is 0. The van der Waals surface area contributed by atoms with Crippen LogP contribution in [0.4, 0.5) is 0 Å². The molecule has 6 aromatic carbocycles. The molecular formula is C39H23N3O2. The normalized spacial score (nSPS) is 13.5. The van der Waals surface area contributed by atoms with Crippen molar-refractivity contribution in [2.75, 3.05) is 0 Å². The third-order valence-corrected chi connectivity index (χ3v) is 7.61. The van der Waals surface area contributed by atoms with E-state index in [1.165, 1.54) is 0 Å². The quantitative estimate of drug-likeness (QED) is 0.210. The molecular weight excluding hydrogens is 542 g/mol. The number of para-hydroxylation sites is 1. The average molecular weight is 572 g/mol. The number of aromatic nitrogens is 3. The first-order chi connectivity index (χ1) is 24.3. The molecule has 0 saturated carbocycles. The van der Waals surface area contributed by atoms with Gasteiger partial charge in [0.05, 0.1) is 8.22 Å². The van der Waals surface area contributed by atoms with Crippen molar-refractivity contribution >= 4 is 43.9 Å². The summed E-state index contributed by atoms with van der Waals surface area (Å²) in [4.78, 5) is 14.0. The monoisotopic (exact) mass is 571 g/mol. The van der Waals surface area contributed by atoms with Gasteiger partial charge < -0.3 is 8.83 Å². The Morgan fingerprint density at radius 1 is 0.409 bits per heavy atom. The maximum absolute atomic E-state index is 9.42. The Labute approximate surface area is 260 Å². The highest BCUT2D eigenvalue weighted by Gasteiger charge is 2.16. The van der Waals surface area contributed by atoms with Crippen LogP contribution in [0.3, 0.4) is 0 Å². The SMILES string of the molecule is [2H]c1c(-c2cccc3oc4ccccc4c23)c([2H])c2c(oc3c([2H])c(-c4nc(-c5ccccc5)nc(-c5ccccc5)n4)c([2H])c([2H])c32)c1[2H]. The lowest BCUT2D eigenvalue weighted by atomic mass is 9.98. The Morgan fingerprint density at radius 3 is 1.77 bits per heavy atom. The summed E-state index contributed by atoms with van der Waals surface area (Å²) in [7, 11) is 0. The maximum Gasteiger partial charge on any atom is 0.164 e. The standard InChI is InChI=1S/C39H23N3O2/c1-3-10-24(11-4-1)37-40-38(25-12-5-2-6-13-25)42-39(41-37)27-18-20-29-31-22-26(19-21-33(31)44-35(29)23-27)28-15-9-17-34-36(28)30-14-7-8-16-32(30)43-34/h1-23H/i18D,19D,20D,21D,22D,23D. The van der Waals surface area contributed by atoms with E-state index in [9.17, 15) is 5.48 Å². The van der Waals surface area contributed by atoms with Gasteiger partial charge in [-0.15, -0.1) is 0 Å². The van der Waals surface area contributed by atoms with E-state index in [1.54, 1.807) is 12.1 Å². The Bertz CT molecular complexity index is 2780. The van der Waals surface area contributed by atoms with Gasteiger partial charge in [-0.25, -0.2) is 15.0 Å². The first-order valence-corrected chi connectivity index (χ1v) is 14.1. The number of benzene rings is 6. The van der Waals surface area contributed by atoms with E-state index in [1.807, 2.05) is 91.0 Å². The van der Waals surface area contributed by atoms with Crippen molar-refractivity contribution < 1.29 is 17.1 Å². The molecule has 0 saturated heterocycles. The Morgan fingerprint density at radius 2 is 1.02 bits per heavy atom. The smallest absolute Gasteiger partial charge is 0.164 e. The fraction of sp³-hybridized carbons (Fsp3) is 0. The molecule has 206 valence electrons. The minimum atomic E-state index is -0.334. The molecule has 0 atom stereocenters. The van der Waals surface area contributed by atoms with Crippen LogP contribution in [0.2, 0.25) is 0 Å². The van der Waals surface area contributed by atoms with Gasteiger partial charge in [0.1, 0.15) is 22.3 Å². The van der Waals surface area contributed by atoms with Crippen LogP contribution in [0.5, 0.6) is 0 Å².